The molecule has 23 heavy (non-hydrogen) atoms. The van der Waals surface area contributed by atoms with Gasteiger partial charge in [0.15, 0.2) is 0 Å². The van der Waals surface area contributed by atoms with Crippen LogP contribution < -0.4 is 16.6 Å². The first-order chi connectivity index (χ1) is 10.8. The molecule has 0 bridgehead atoms. The number of hydrogen-bond donors (Lipinski definition) is 2. The van der Waals surface area contributed by atoms with Crippen LogP contribution in [0.3, 0.4) is 0 Å². The number of nitrogen functional groups attached to an aromatic ring is 1. The number of amides is 2. The van der Waals surface area contributed by atoms with Gasteiger partial charge in [0.2, 0.25) is 0 Å². The first kappa shape index (κ1) is 15.1. The third kappa shape index (κ3) is 2.16. The van der Waals surface area contributed by atoms with Crippen LogP contribution in [-0.4, -0.2) is 16.4 Å². The molecule has 7 nitrogen and oxygen atoms in total. The lowest BCUT2D eigenvalue weighted by atomic mass is 10.1. The fourth-order valence-electron chi connectivity index (χ4n) is 2.39. The predicted octanol–water partition coefficient (Wildman–Crippen LogP) is 1.48. The quantitative estimate of drug-likeness (QED) is 0.756. The summed E-state index contributed by atoms with van der Waals surface area (Å²) in [6.07, 6.45) is 0. The Hall–Kier alpha value is -2.82. The van der Waals surface area contributed by atoms with Gasteiger partial charge in [0.05, 0.1) is 27.4 Å². The van der Waals surface area contributed by atoms with E-state index < -0.39 is 17.4 Å². The number of fused-ring (bicyclic) bond motifs is 1. The fourth-order valence-corrected chi connectivity index (χ4v) is 2.97. The topological polar surface area (TPSA) is 118 Å². The summed E-state index contributed by atoms with van der Waals surface area (Å²) < 4.78 is 0.911. The molecule has 9 heteroatoms. The van der Waals surface area contributed by atoms with Crippen molar-refractivity contribution >= 4 is 40.8 Å². The number of nitrogens with zero attached hydrogens (tertiary/aromatic N) is 2. The Labute approximate surface area is 138 Å². The number of carbonyl (C=O) groups excluding carboxylic acids is 2. The first-order valence-electron chi connectivity index (χ1n) is 6.16. The highest BCUT2D eigenvalue weighted by Gasteiger charge is 2.32. The summed E-state index contributed by atoms with van der Waals surface area (Å²) in [6, 6.07) is 5.49. The largest absolute Gasteiger partial charge is 0.384 e. The van der Waals surface area contributed by atoms with Gasteiger partial charge in [-0.2, -0.15) is 5.26 Å². The molecular formula is C14H6Cl2N4O3. The Morgan fingerprint density at radius 3 is 2.48 bits per heavy atom. The van der Waals surface area contributed by atoms with E-state index in [0.717, 1.165) is 10.6 Å². The number of nitrogens with one attached hydrogen (secondary N) is 1. The number of anilines is 1. The maximum Gasteiger partial charge on any atom is 0.262 e. The van der Waals surface area contributed by atoms with Crippen molar-refractivity contribution in [1.29, 1.82) is 5.26 Å². The van der Waals surface area contributed by atoms with Crippen LogP contribution in [0.15, 0.2) is 23.0 Å². The molecule has 0 fully saturated rings. The third-order valence-corrected chi connectivity index (χ3v) is 3.83. The summed E-state index contributed by atoms with van der Waals surface area (Å²) in [5, 5.41) is 11.5. The number of hydrogen-bond acceptors (Lipinski definition) is 5. The van der Waals surface area contributed by atoms with E-state index in [1.807, 2.05) is 6.07 Å². The minimum Gasteiger partial charge on any atom is -0.384 e. The summed E-state index contributed by atoms with van der Waals surface area (Å²) >= 11 is 11.9. The Bertz CT molecular complexity index is 1000. The van der Waals surface area contributed by atoms with Gasteiger partial charge in [0.25, 0.3) is 17.4 Å². The van der Waals surface area contributed by atoms with E-state index >= 15 is 0 Å². The van der Waals surface area contributed by atoms with Gasteiger partial charge in [-0.15, -0.1) is 0 Å². The van der Waals surface area contributed by atoms with E-state index in [1.54, 1.807) is 0 Å². The summed E-state index contributed by atoms with van der Waals surface area (Å²) in [5.74, 6) is -1.71. The monoisotopic (exact) mass is 348 g/mol. The number of pyridine rings is 1. The predicted molar refractivity (Wildman–Crippen MR) is 83.0 cm³/mol. The number of halogens is 2. The van der Waals surface area contributed by atoms with E-state index in [4.69, 9.17) is 28.9 Å². The average molecular weight is 349 g/mol. The van der Waals surface area contributed by atoms with E-state index in [-0.39, 0.29) is 38.2 Å². The van der Waals surface area contributed by atoms with E-state index in [0.29, 0.717) is 0 Å². The summed E-state index contributed by atoms with van der Waals surface area (Å²) in [6.45, 7) is 0. The zero-order valence-corrected chi connectivity index (χ0v) is 12.7. The number of aromatic nitrogens is 1. The molecule has 1 aliphatic rings. The van der Waals surface area contributed by atoms with Gasteiger partial charge in [-0.3, -0.25) is 24.3 Å². The standard InChI is InChI=1S/C14H6Cl2N4O3/c15-6-1-5(4-17)11(8(16)2-6)20-9(21)3-7-10(12(20)18)14(23)19-13(7)22/h1-3H,18H2,(H,19,22,23). The molecule has 1 aromatic heterocycles. The van der Waals surface area contributed by atoms with Crippen LogP contribution >= 0.6 is 23.2 Å². The van der Waals surface area contributed by atoms with Crippen LogP contribution in [0.4, 0.5) is 5.82 Å². The molecule has 2 amide bonds. The second-order valence-corrected chi connectivity index (χ2v) is 5.51. The maximum absolute atomic E-state index is 12.3. The number of carbonyl (C=O) groups is 2. The molecule has 2 heterocycles. The minimum absolute atomic E-state index is 0.000909. The van der Waals surface area contributed by atoms with Gasteiger partial charge in [-0.1, -0.05) is 23.2 Å². The van der Waals surface area contributed by atoms with Crippen LogP contribution in [0.1, 0.15) is 26.3 Å². The number of nitriles is 1. The van der Waals surface area contributed by atoms with Crippen molar-refractivity contribution in [2.45, 2.75) is 0 Å². The van der Waals surface area contributed by atoms with Gasteiger partial charge in [0.1, 0.15) is 11.9 Å². The smallest absolute Gasteiger partial charge is 0.262 e. The molecule has 0 aliphatic carbocycles. The Morgan fingerprint density at radius 2 is 1.83 bits per heavy atom. The fraction of sp³-hybridized carbons (Fsp3) is 0. The van der Waals surface area contributed by atoms with Gasteiger partial charge in [-0.25, -0.2) is 0 Å². The Balaban J connectivity index is 2.44. The second kappa shape index (κ2) is 5.12. The van der Waals surface area contributed by atoms with Crippen molar-refractivity contribution in [1.82, 2.24) is 9.88 Å². The van der Waals surface area contributed by atoms with E-state index in [9.17, 15) is 19.6 Å². The van der Waals surface area contributed by atoms with Crippen LogP contribution in [0.25, 0.3) is 5.69 Å². The minimum atomic E-state index is -0.722. The lowest BCUT2D eigenvalue weighted by molar-refractivity contribution is 0.0880. The highest BCUT2D eigenvalue weighted by atomic mass is 35.5. The summed E-state index contributed by atoms with van der Waals surface area (Å²) in [5.41, 5.74) is 4.95. The maximum atomic E-state index is 12.3. The van der Waals surface area contributed by atoms with E-state index in [1.165, 1.54) is 12.1 Å². The molecule has 1 aromatic carbocycles. The Kier molecular flexibility index (Phi) is 3.36. The van der Waals surface area contributed by atoms with Gasteiger partial charge < -0.3 is 5.73 Å². The van der Waals surface area contributed by atoms with Crippen molar-refractivity contribution in [2.24, 2.45) is 0 Å². The molecule has 0 radical (unpaired) electrons. The molecule has 3 N–H and O–H groups in total. The first-order valence-corrected chi connectivity index (χ1v) is 6.91. The van der Waals surface area contributed by atoms with Crippen LogP contribution in [-0.2, 0) is 0 Å². The van der Waals surface area contributed by atoms with E-state index in [2.05, 4.69) is 5.32 Å². The van der Waals surface area contributed by atoms with Crippen LogP contribution in [0.5, 0.6) is 0 Å². The lowest BCUT2D eigenvalue weighted by Crippen LogP contribution is -2.25. The third-order valence-electron chi connectivity index (χ3n) is 3.33. The zero-order valence-electron chi connectivity index (χ0n) is 11.2. The molecule has 0 saturated carbocycles. The van der Waals surface area contributed by atoms with Gasteiger partial charge in [-0.05, 0) is 12.1 Å². The SMILES string of the molecule is N#Cc1cc(Cl)cc(Cl)c1-n1c(N)c2c(cc1=O)C(=O)NC2=O. The zero-order chi connectivity index (χ0) is 16.9. The van der Waals surface area contributed by atoms with Gasteiger partial charge in [0, 0.05) is 11.1 Å². The molecule has 114 valence electrons. The molecular weight excluding hydrogens is 343 g/mol. The molecule has 1 aliphatic heterocycles. The number of imide groups is 1. The van der Waals surface area contributed by atoms with Crippen molar-refractivity contribution in [3.05, 3.63) is 55.3 Å². The van der Waals surface area contributed by atoms with Gasteiger partial charge >= 0.3 is 0 Å². The molecule has 2 aromatic rings. The second-order valence-electron chi connectivity index (χ2n) is 4.67. The molecule has 0 saturated heterocycles. The van der Waals surface area contributed by atoms with Crippen molar-refractivity contribution in [3.8, 4) is 11.8 Å². The summed E-state index contributed by atoms with van der Waals surface area (Å²) in [7, 11) is 0. The molecule has 0 unspecified atom stereocenters. The van der Waals surface area contributed by atoms with Crippen molar-refractivity contribution in [2.75, 3.05) is 5.73 Å². The number of benzene rings is 1. The average Bonchev–Trinajstić information content (AvgIpc) is 2.75. The van der Waals surface area contributed by atoms with Crippen molar-refractivity contribution < 1.29 is 9.59 Å². The normalized spacial score (nSPS) is 12.7. The van der Waals surface area contributed by atoms with Crippen LogP contribution in [0.2, 0.25) is 10.0 Å². The molecule has 0 spiro atoms. The van der Waals surface area contributed by atoms with Crippen molar-refractivity contribution in [3.63, 3.8) is 0 Å². The lowest BCUT2D eigenvalue weighted by Gasteiger charge is -2.14. The molecule has 0 atom stereocenters. The number of rotatable bonds is 1. The van der Waals surface area contributed by atoms with Crippen LogP contribution in [0, 0.1) is 11.3 Å². The highest BCUT2D eigenvalue weighted by molar-refractivity contribution is 6.36. The summed E-state index contributed by atoms with van der Waals surface area (Å²) in [4.78, 5) is 35.8. The molecule has 3 rings (SSSR count). The highest BCUT2D eigenvalue weighted by Crippen LogP contribution is 2.31. The Morgan fingerprint density at radius 1 is 1.13 bits per heavy atom. The number of nitrogens with two attached hydrogens (primary N) is 1.